The summed E-state index contributed by atoms with van der Waals surface area (Å²) in [7, 11) is 0. The molecule has 4 bridgehead atoms. The molecule has 22 heavy (non-hydrogen) atoms. The summed E-state index contributed by atoms with van der Waals surface area (Å²) in [6.45, 7) is 4.49. The minimum Gasteiger partial charge on any atom is -0.485 e. The number of esters is 1. The van der Waals surface area contributed by atoms with Crippen molar-refractivity contribution in [2.45, 2.75) is 44.1 Å². The first-order valence-electron chi connectivity index (χ1n) is 8.34. The molecule has 4 aliphatic rings. The SMILES string of the molecule is C=C(OCCOCCO)C(=O)OC12CC3CC(CC(C3)C1)C2. The van der Waals surface area contributed by atoms with E-state index in [1.807, 2.05) is 0 Å². The molecule has 0 aromatic heterocycles. The lowest BCUT2D eigenvalue weighted by atomic mass is 9.54. The Morgan fingerprint density at radius 2 is 1.64 bits per heavy atom. The molecule has 0 spiro atoms. The molecule has 0 amide bonds. The molecule has 1 N–H and O–H groups in total. The standard InChI is InChI=1S/C17H26O5/c1-12(21-5-4-20-3-2-18)16(19)22-17-9-13-6-14(10-17)8-15(7-13)11-17/h13-15,18H,1-11H2. The van der Waals surface area contributed by atoms with Crippen molar-refractivity contribution in [1.82, 2.24) is 0 Å². The van der Waals surface area contributed by atoms with Gasteiger partial charge in [-0.3, -0.25) is 0 Å². The molecule has 124 valence electrons. The zero-order chi connectivity index (χ0) is 15.6. The fraction of sp³-hybridized carbons (Fsp3) is 0.824. The summed E-state index contributed by atoms with van der Waals surface area (Å²) in [6, 6.07) is 0. The number of hydrogen-bond acceptors (Lipinski definition) is 5. The van der Waals surface area contributed by atoms with Crippen LogP contribution in [0.15, 0.2) is 12.3 Å². The van der Waals surface area contributed by atoms with Gasteiger partial charge in [0.1, 0.15) is 12.2 Å². The number of carbonyl (C=O) groups is 1. The Balaban J connectivity index is 1.46. The van der Waals surface area contributed by atoms with Gasteiger partial charge in [-0.15, -0.1) is 0 Å². The Morgan fingerprint density at radius 3 is 2.18 bits per heavy atom. The van der Waals surface area contributed by atoms with Crippen LogP contribution in [0.2, 0.25) is 0 Å². The Bertz CT molecular complexity index is 395. The molecule has 0 aliphatic heterocycles. The van der Waals surface area contributed by atoms with E-state index < -0.39 is 5.97 Å². The van der Waals surface area contributed by atoms with Gasteiger partial charge >= 0.3 is 5.97 Å². The van der Waals surface area contributed by atoms with E-state index in [2.05, 4.69) is 6.58 Å². The van der Waals surface area contributed by atoms with Crippen molar-refractivity contribution in [3.05, 3.63) is 12.3 Å². The Hall–Kier alpha value is -1.07. The fourth-order valence-electron chi connectivity index (χ4n) is 4.86. The molecule has 0 aromatic carbocycles. The maximum Gasteiger partial charge on any atom is 0.373 e. The summed E-state index contributed by atoms with van der Waals surface area (Å²) in [5, 5.41) is 8.60. The van der Waals surface area contributed by atoms with Gasteiger partial charge in [0, 0.05) is 0 Å². The van der Waals surface area contributed by atoms with Gasteiger partial charge in [0.2, 0.25) is 0 Å². The summed E-state index contributed by atoms with van der Waals surface area (Å²) >= 11 is 0. The van der Waals surface area contributed by atoms with Gasteiger partial charge in [-0.1, -0.05) is 0 Å². The molecule has 0 saturated heterocycles. The largest absolute Gasteiger partial charge is 0.485 e. The molecule has 4 saturated carbocycles. The van der Waals surface area contributed by atoms with Crippen LogP contribution >= 0.6 is 0 Å². The van der Waals surface area contributed by atoms with Crippen molar-refractivity contribution in [3.63, 3.8) is 0 Å². The van der Waals surface area contributed by atoms with Gasteiger partial charge < -0.3 is 19.3 Å². The molecular weight excluding hydrogens is 284 g/mol. The van der Waals surface area contributed by atoms with Gasteiger partial charge in [-0.2, -0.15) is 0 Å². The third-order valence-electron chi connectivity index (χ3n) is 5.26. The predicted molar refractivity (Wildman–Crippen MR) is 80.0 cm³/mol. The summed E-state index contributed by atoms with van der Waals surface area (Å²) < 4.78 is 16.2. The average molecular weight is 310 g/mol. The van der Waals surface area contributed by atoms with Crippen LogP contribution in [0.4, 0.5) is 0 Å². The number of aliphatic hydroxyl groups excluding tert-OH is 1. The summed E-state index contributed by atoms with van der Waals surface area (Å²) in [5.41, 5.74) is -0.258. The highest BCUT2D eigenvalue weighted by Crippen LogP contribution is 2.57. The summed E-state index contributed by atoms with van der Waals surface area (Å²) in [5.74, 6) is 1.84. The maximum absolute atomic E-state index is 12.2. The molecule has 5 heteroatoms. The van der Waals surface area contributed by atoms with Gasteiger partial charge in [-0.05, 0) is 62.9 Å². The average Bonchev–Trinajstić information content (AvgIpc) is 2.44. The normalized spacial score (nSPS) is 35.4. The Labute approximate surface area is 131 Å². The molecule has 0 radical (unpaired) electrons. The lowest BCUT2D eigenvalue weighted by Crippen LogP contribution is -2.52. The minimum absolute atomic E-state index is 0.0188. The molecular formula is C17H26O5. The second kappa shape index (κ2) is 6.59. The smallest absolute Gasteiger partial charge is 0.373 e. The number of ether oxygens (including phenoxy) is 3. The van der Waals surface area contributed by atoms with Gasteiger partial charge in [-0.25, -0.2) is 4.79 Å². The van der Waals surface area contributed by atoms with Crippen LogP contribution in [0.5, 0.6) is 0 Å². The molecule has 0 aromatic rings. The lowest BCUT2D eigenvalue weighted by molar-refractivity contribution is -0.185. The zero-order valence-corrected chi connectivity index (χ0v) is 13.1. The highest BCUT2D eigenvalue weighted by Gasteiger charge is 2.53. The molecule has 4 rings (SSSR count). The number of rotatable bonds is 8. The van der Waals surface area contributed by atoms with Crippen LogP contribution in [0, 0.1) is 17.8 Å². The number of hydrogen-bond donors (Lipinski definition) is 1. The fourth-order valence-corrected chi connectivity index (χ4v) is 4.86. The quantitative estimate of drug-likeness (QED) is 0.322. The van der Waals surface area contributed by atoms with Gasteiger partial charge in [0.05, 0.1) is 19.8 Å². The van der Waals surface area contributed by atoms with E-state index in [1.165, 1.54) is 19.3 Å². The first-order valence-corrected chi connectivity index (χ1v) is 8.34. The Kier molecular flexibility index (Phi) is 4.73. The highest BCUT2D eigenvalue weighted by atomic mass is 16.6. The van der Waals surface area contributed by atoms with E-state index in [1.54, 1.807) is 0 Å². The Morgan fingerprint density at radius 1 is 1.05 bits per heavy atom. The molecule has 0 heterocycles. The van der Waals surface area contributed by atoms with Crippen LogP contribution in [-0.2, 0) is 19.0 Å². The second-order valence-electron chi connectivity index (χ2n) is 7.10. The van der Waals surface area contributed by atoms with E-state index in [9.17, 15) is 4.79 Å². The van der Waals surface area contributed by atoms with Crippen LogP contribution in [0.25, 0.3) is 0 Å². The van der Waals surface area contributed by atoms with Crippen molar-refractivity contribution in [1.29, 1.82) is 0 Å². The lowest BCUT2D eigenvalue weighted by Gasteiger charge is -2.55. The van der Waals surface area contributed by atoms with Crippen molar-refractivity contribution in [2.75, 3.05) is 26.4 Å². The second-order valence-corrected chi connectivity index (χ2v) is 7.10. The van der Waals surface area contributed by atoms with E-state index in [4.69, 9.17) is 19.3 Å². The number of carbonyl (C=O) groups excluding carboxylic acids is 1. The van der Waals surface area contributed by atoms with E-state index >= 15 is 0 Å². The summed E-state index contributed by atoms with van der Waals surface area (Å²) in [6.07, 6.45) is 6.98. The van der Waals surface area contributed by atoms with Crippen molar-refractivity contribution < 1.29 is 24.1 Å². The van der Waals surface area contributed by atoms with Crippen LogP contribution in [-0.4, -0.2) is 43.1 Å². The van der Waals surface area contributed by atoms with Gasteiger partial charge in [0.15, 0.2) is 5.76 Å². The van der Waals surface area contributed by atoms with Crippen LogP contribution in [0.1, 0.15) is 38.5 Å². The molecule has 0 unspecified atom stereocenters. The van der Waals surface area contributed by atoms with Crippen molar-refractivity contribution in [2.24, 2.45) is 17.8 Å². The van der Waals surface area contributed by atoms with E-state index in [0.717, 1.165) is 37.0 Å². The first kappa shape index (κ1) is 15.8. The minimum atomic E-state index is -0.427. The van der Waals surface area contributed by atoms with Crippen molar-refractivity contribution >= 4 is 5.97 Å². The highest BCUT2D eigenvalue weighted by molar-refractivity contribution is 5.85. The predicted octanol–water partition coefficient (Wildman–Crippen LogP) is 2.04. The third-order valence-corrected chi connectivity index (χ3v) is 5.26. The zero-order valence-electron chi connectivity index (χ0n) is 13.1. The van der Waals surface area contributed by atoms with Crippen LogP contribution in [0.3, 0.4) is 0 Å². The monoisotopic (exact) mass is 310 g/mol. The topological polar surface area (TPSA) is 65.0 Å². The first-order chi connectivity index (χ1) is 10.6. The molecule has 5 nitrogen and oxygen atoms in total. The van der Waals surface area contributed by atoms with Crippen molar-refractivity contribution in [3.8, 4) is 0 Å². The van der Waals surface area contributed by atoms with Gasteiger partial charge in [0.25, 0.3) is 0 Å². The third kappa shape index (κ3) is 3.46. The summed E-state index contributed by atoms with van der Waals surface area (Å²) in [4.78, 5) is 12.2. The maximum atomic E-state index is 12.2. The molecule has 0 atom stereocenters. The molecule has 4 fully saturated rings. The molecule has 4 aliphatic carbocycles. The van der Waals surface area contributed by atoms with E-state index in [0.29, 0.717) is 6.61 Å². The number of aliphatic hydroxyl groups is 1. The van der Waals surface area contributed by atoms with Crippen LogP contribution < -0.4 is 0 Å². The van der Waals surface area contributed by atoms with E-state index in [-0.39, 0.29) is 31.2 Å².